The quantitative estimate of drug-likeness (QED) is 0.711. The predicted octanol–water partition coefficient (Wildman–Crippen LogP) is 2.68. The maximum atomic E-state index is 11.2. The van der Waals surface area contributed by atoms with E-state index in [0.717, 1.165) is 0 Å². The summed E-state index contributed by atoms with van der Waals surface area (Å²) in [7, 11) is -1.92. The minimum absolute atomic E-state index is 0.000636. The van der Waals surface area contributed by atoms with Gasteiger partial charge in [0.25, 0.3) is 0 Å². The van der Waals surface area contributed by atoms with E-state index in [1.54, 1.807) is 0 Å². The van der Waals surface area contributed by atoms with Crippen LogP contribution in [-0.4, -0.2) is 38.6 Å². The monoisotopic (exact) mass is 301 g/mol. The number of hydrogen-bond donors (Lipinski definition) is 2. The van der Waals surface area contributed by atoms with E-state index in [4.69, 9.17) is 4.43 Å². The second-order valence-corrected chi connectivity index (χ2v) is 12.4. The molecular weight excluding hydrogens is 270 g/mol. The van der Waals surface area contributed by atoms with Crippen LogP contribution in [0.5, 0.6) is 0 Å². The topological polar surface area (TPSA) is 58.6 Å². The van der Waals surface area contributed by atoms with Gasteiger partial charge in [0, 0.05) is 18.9 Å². The first-order chi connectivity index (χ1) is 9.21. The van der Waals surface area contributed by atoms with Gasteiger partial charge in [0.15, 0.2) is 8.32 Å². The summed E-state index contributed by atoms with van der Waals surface area (Å²) in [4.78, 5) is 11.2. The Morgan fingerprint density at radius 3 is 2.05 bits per heavy atom. The molecule has 1 aliphatic heterocycles. The number of nitrogens with one attached hydrogen (secondary N) is 1. The van der Waals surface area contributed by atoms with Gasteiger partial charge in [-0.2, -0.15) is 0 Å². The molecule has 1 amide bonds. The molecule has 1 saturated heterocycles. The van der Waals surface area contributed by atoms with Crippen molar-refractivity contribution in [2.24, 2.45) is 5.92 Å². The summed E-state index contributed by atoms with van der Waals surface area (Å²) in [5, 5.41) is 13.1. The molecule has 0 bridgehead atoms. The highest BCUT2D eigenvalue weighted by molar-refractivity contribution is 6.77. The summed E-state index contributed by atoms with van der Waals surface area (Å²) in [5.41, 5.74) is 1.54. The van der Waals surface area contributed by atoms with Crippen molar-refractivity contribution in [2.75, 3.05) is 13.2 Å². The summed E-state index contributed by atoms with van der Waals surface area (Å²) < 4.78 is 6.37. The highest BCUT2D eigenvalue weighted by atomic mass is 28.4. The van der Waals surface area contributed by atoms with E-state index in [-0.39, 0.29) is 11.8 Å². The Hall–Kier alpha value is -0.393. The van der Waals surface area contributed by atoms with Crippen LogP contribution < -0.4 is 5.32 Å². The molecule has 0 aliphatic carbocycles. The molecule has 20 heavy (non-hydrogen) atoms. The van der Waals surface area contributed by atoms with E-state index in [9.17, 15) is 9.90 Å². The maximum Gasteiger partial charge on any atom is 0.220 e. The van der Waals surface area contributed by atoms with Crippen LogP contribution in [0.4, 0.5) is 0 Å². The Morgan fingerprint density at radius 1 is 1.20 bits per heavy atom. The van der Waals surface area contributed by atoms with Crippen LogP contribution in [0.2, 0.25) is 16.6 Å². The van der Waals surface area contributed by atoms with Crippen LogP contribution in [0, 0.1) is 5.92 Å². The summed E-state index contributed by atoms with van der Waals surface area (Å²) in [6.45, 7) is 14.3. The van der Waals surface area contributed by atoms with E-state index in [2.05, 4.69) is 46.9 Å². The van der Waals surface area contributed by atoms with E-state index >= 15 is 0 Å². The van der Waals surface area contributed by atoms with Crippen LogP contribution in [0.3, 0.4) is 0 Å². The first-order valence-corrected chi connectivity index (χ1v) is 9.94. The zero-order valence-corrected chi connectivity index (χ0v) is 14.8. The number of carbonyl (C=O) groups excluding carboxylic acids is 1. The molecule has 118 valence electrons. The zero-order chi connectivity index (χ0) is 15.5. The Morgan fingerprint density at radius 2 is 1.70 bits per heavy atom. The van der Waals surface area contributed by atoms with Crippen molar-refractivity contribution in [1.29, 1.82) is 0 Å². The van der Waals surface area contributed by atoms with Crippen LogP contribution in [-0.2, 0) is 9.22 Å². The molecule has 2 N–H and O–H groups in total. The minimum Gasteiger partial charge on any atom is -0.413 e. The fraction of sp³-hybridized carbons (Fsp3) is 0.933. The largest absolute Gasteiger partial charge is 0.413 e. The van der Waals surface area contributed by atoms with E-state index in [1.165, 1.54) is 0 Å². The Balaban J connectivity index is 2.69. The molecule has 4 nitrogen and oxygen atoms in total. The van der Waals surface area contributed by atoms with Gasteiger partial charge in [0.2, 0.25) is 5.91 Å². The number of aliphatic hydroxyl groups is 1. The Labute approximate surface area is 124 Å². The number of carbonyl (C=O) groups is 1. The van der Waals surface area contributed by atoms with E-state index < -0.39 is 14.4 Å². The number of rotatable bonds is 7. The highest BCUT2D eigenvalue weighted by Crippen LogP contribution is 2.42. The third-order valence-corrected chi connectivity index (χ3v) is 10.8. The lowest BCUT2D eigenvalue weighted by molar-refractivity contribution is -0.119. The van der Waals surface area contributed by atoms with Crippen LogP contribution in [0.1, 0.15) is 48.0 Å². The van der Waals surface area contributed by atoms with Crippen molar-refractivity contribution in [3.05, 3.63) is 0 Å². The Bertz CT molecular complexity index is 309. The van der Waals surface area contributed by atoms with Crippen LogP contribution >= 0.6 is 0 Å². The smallest absolute Gasteiger partial charge is 0.220 e. The first-order valence-electron chi connectivity index (χ1n) is 7.80. The third-order valence-electron chi connectivity index (χ3n) is 4.76. The fourth-order valence-electron chi connectivity index (χ4n) is 3.77. The van der Waals surface area contributed by atoms with Crippen LogP contribution in [0.25, 0.3) is 0 Å². The summed E-state index contributed by atoms with van der Waals surface area (Å²) in [6.07, 6.45) is -0.124. The molecule has 0 saturated carbocycles. The lowest BCUT2D eigenvalue weighted by atomic mass is 10.0. The molecule has 0 radical (unpaired) electrons. The molecular formula is C15H31NO3Si. The molecule has 0 unspecified atom stereocenters. The zero-order valence-electron chi connectivity index (χ0n) is 13.8. The average Bonchev–Trinajstić information content (AvgIpc) is 2.75. The molecule has 0 aromatic heterocycles. The van der Waals surface area contributed by atoms with Crippen molar-refractivity contribution < 1.29 is 14.3 Å². The van der Waals surface area contributed by atoms with Crippen molar-refractivity contribution in [3.8, 4) is 0 Å². The van der Waals surface area contributed by atoms with Gasteiger partial charge in [-0.05, 0) is 16.6 Å². The standard InChI is InChI=1S/C15H31NO3Si/c1-10(2)20(11(3)4,12(5)6)19-9-14(17)13-7-15(18)16-8-13/h10-14,17H,7-9H2,1-6H3,(H,16,18)/t13-,14-/m0/s1. The van der Waals surface area contributed by atoms with Crippen molar-refractivity contribution in [3.63, 3.8) is 0 Å². The molecule has 1 heterocycles. The van der Waals surface area contributed by atoms with Gasteiger partial charge in [0.1, 0.15) is 0 Å². The molecule has 1 rings (SSSR count). The molecule has 0 aromatic rings. The lowest BCUT2D eigenvalue weighted by Crippen LogP contribution is -2.49. The number of aliphatic hydroxyl groups excluding tert-OH is 1. The molecule has 1 fully saturated rings. The summed E-state index contributed by atoms with van der Waals surface area (Å²) >= 11 is 0. The molecule has 0 spiro atoms. The van der Waals surface area contributed by atoms with Crippen molar-refractivity contribution in [2.45, 2.75) is 70.7 Å². The fourth-order valence-corrected chi connectivity index (χ4v) is 9.22. The van der Waals surface area contributed by atoms with Crippen LogP contribution in [0.15, 0.2) is 0 Å². The number of hydrogen-bond acceptors (Lipinski definition) is 3. The van der Waals surface area contributed by atoms with Gasteiger partial charge in [-0.1, -0.05) is 41.5 Å². The Kier molecular flexibility index (Phi) is 6.22. The normalized spacial score (nSPS) is 21.9. The van der Waals surface area contributed by atoms with Gasteiger partial charge in [-0.25, -0.2) is 0 Å². The van der Waals surface area contributed by atoms with E-state index in [1.807, 2.05) is 0 Å². The predicted molar refractivity (Wildman–Crippen MR) is 84.1 cm³/mol. The van der Waals surface area contributed by atoms with Crippen molar-refractivity contribution >= 4 is 14.2 Å². The van der Waals surface area contributed by atoms with E-state index in [0.29, 0.717) is 36.2 Å². The molecule has 0 aromatic carbocycles. The number of amides is 1. The third kappa shape index (κ3) is 3.62. The SMILES string of the molecule is CC(C)[Si](OC[C@H](O)[C@@H]1CNC(=O)C1)(C(C)C)C(C)C. The minimum atomic E-state index is -1.92. The van der Waals surface area contributed by atoms with Gasteiger partial charge in [-0.3, -0.25) is 4.79 Å². The van der Waals surface area contributed by atoms with Gasteiger partial charge < -0.3 is 14.8 Å². The summed E-state index contributed by atoms with van der Waals surface area (Å²) in [6, 6.07) is 0. The maximum absolute atomic E-state index is 11.2. The molecule has 2 atom stereocenters. The average molecular weight is 302 g/mol. The molecule has 1 aliphatic rings. The lowest BCUT2D eigenvalue weighted by Gasteiger charge is -2.42. The second-order valence-electron chi connectivity index (χ2n) is 6.96. The highest BCUT2D eigenvalue weighted by Gasteiger charge is 2.45. The van der Waals surface area contributed by atoms with Gasteiger partial charge in [0.05, 0.1) is 12.7 Å². The molecule has 5 heteroatoms. The summed E-state index contributed by atoms with van der Waals surface area (Å²) in [5.74, 6) is 0.0369. The van der Waals surface area contributed by atoms with Crippen molar-refractivity contribution in [1.82, 2.24) is 5.32 Å². The van der Waals surface area contributed by atoms with Gasteiger partial charge in [-0.15, -0.1) is 0 Å². The first kappa shape index (κ1) is 17.7. The second kappa shape index (κ2) is 7.05. The van der Waals surface area contributed by atoms with Gasteiger partial charge >= 0.3 is 0 Å².